The minimum absolute atomic E-state index is 0.0814. The number of benzene rings is 3. The lowest BCUT2D eigenvalue weighted by Crippen LogP contribution is -2.23. The molecule has 0 amide bonds. The second-order valence-corrected chi connectivity index (χ2v) is 9.35. The monoisotopic (exact) mass is 442 g/mol. The molecule has 158 valence electrons. The molecule has 32 heavy (non-hydrogen) atoms. The molecule has 8 heteroatoms. The molecular formula is C24H18N4O3S. The third kappa shape index (κ3) is 3.40. The van der Waals surface area contributed by atoms with Crippen LogP contribution < -0.4 is 11.3 Å². The van der Waals surface area contributed by atoms with Crippen LogP contribution in [0.25, 0.3) is 21.7 Å². The van der Waals surface area contributed by atoms with Gasteiger partial charge in [-0.2, -0.15) is 5.10 Å². The lowest BCUT2D eigenvalue weighted by molar-refractivity contribution is 0.597. The number of nitrogen functional groups attached to an aromatic ring is 1. The van der Waals surface area contributed by atoms with E-state index in [1.165, 1.54) is 35.1 Å². The second-order valence-electron chi connectivity index (χ2n) is 7.44. The summed E-state index contributed by atoms with van der Waals surface area (Å²) in [5.41, 5.74) is 7.37. The van der Waals surface area contributed by atoms with Gasteiger partial charge in [-0.05, 0) is 48.0 Å². The summed E-state index contributed by atoms with van der Waals surface area (Å²) in [5.74, 6) is 0. The van der Waals surface area contributed by atoms with Crippen LogP contribution >= 0.6 is 0 Å². The zero-order valence-electron chi connectivity index (χ0n) is 16.8. The highest BCUT2D eigenvalue weighted by Crippen LogP contribution is 2.28. The van der Waals surface area contributed by atoms with Crippen molar-refractivity contribution in [3.05, 3.63) is 101 Å². The Hall–Kier alpha value is -4.04. The first-order chi connectivity index (χ1) is 15.4. The summed E-state index contributed by atoms with van der Waals surface area (Å²) in [7, 11) is -3.85. The van der Waals surface area contributed by atoms with Gasteiger partial charge >= 0.3 is 0 Å². The van der Waals surface area contributed by atoms with Crippen molar-refractivity contribution in [3.63, 3.8) is 0 Å². The van der Waals surface area contributed by atoms with E-state index in [4.69, 9.17) is 5.73 Å². The van der Waals surface area contributed by atoms with E-state index in [-0.39, 0.29) is 21.9 Å². The summed E-state index contributed by atoms with van der Waals surface area (Å²) in [4.78, 5) is 17.4. The van der Waals surface area contributed by atoms with Gasteiger partial charge in [0.05, 0.1) is 33.4 Å². The highest BCUT2D eigenvalue weighted by molar-refractivity contribution is 7.91. The Morgan fingerprint density at radius 3 is 2.56 bits per heavy atom. The van der Waals surface area contributed by atoms with Crippen molar-refractivity contribution in [3.8, 4) is 0 Å². The first-order valence-electron chi connectivity index (χ1n) is 9.87. The highest BCUT2D eigenvalue weighted by atomic mass is 32.2. The largest absolute Gasteiger partial charge is 0.399 e. The van der Waals surface area contributed by atoms with Crippen LogP contribution in [0.1, 0.15) is 5.56 Å². The number of aromatic nitrogens is 3. The summed E-state index contributed by atoms with van der Waals surface area (Å²) < 4.78 is 28.1. The molecule has 0 bridgehead atoms. The van der Waals surface area contributed by atoms with Gasteiger partial charge < -0.3 is 5.73 Å². The number of sulfone groups is 1. The van der Waals surface area contributed by atoms with Crippen LogP contribution in [0, 0.1) is 0 Å². The van der Waals surface area contributed by atoms with Gasteiger partial charge in [-0.25, -0.2) is 13.1 Å². The fourth-order valence-electron chi connectivity index (χ4n) is 3.73. The molecule has 0 spiro atoms. The summed E-state index contributed by atoms with van der Waals surface area (Å²) in [6.45, 7) is 0.265. The number of nitrogens with zero attached hydrogens (tertiary/aromatic N) is 3. The van der Waals surface area contributed by atoms with Crippen molar-refractivity contribution >= 4 is 37.2 Å². The topological polar surface area (TPSA) is 108 Å². The first-order valence-corrected chi connectivity index (χ1v) is 11.3. The smallest absolute Gasteiger partial charge is 0.274 e. The molecule has 0 aliphatic heterocycles. The SMILES string of the molecule is Nc1cccc(Cn2ncc3cc(S(=O)(=O)c4cccc5cccnc45)ccc3c2=O)c1. The standard InChI is InChI=1S/C24H18N4O3S/c25-19-7-1-4-16(12-19)15-28-24(29)21-10-9-20(13-18(21)14-27-28)32(30,31)22-8-2-5-17-6-3-11-26-23(17)22/h1-14H,15,25H2. The molecule has 0 saturated carbocycles. The fraction of sp³-hybridized carbons (Fsp3) is 0.0417. The number of nitrogens with two attached hydrogens (primary N) is 1. The minimum Gasteiger partial charge on any atom is -0.399 e. The third-order valence-corrected chi connectivity index (χ3v) is 7.09. The molecule has 0 fully saturated rings. The quantitative estimate of drug-likeness (QED) is 0.427. The van der Waals surface area contributed by atoms with Crippen LogP contribution in [0.2, 0.25) is 0 Å². The van der Waals surface area contributed by atoms with Crippen molar-refractivity contribution in [1.82, 2.24) is 14.8 Å². The molecule has 7 nitrogen and oxygen atoms in total. The van der Waals surface area contributed by atoms with Crippen LogP contribution in [-0.4, -0.2) is 23.2 Å². The normalized spacial score (nSPS) is 11.8. The summed E-state index contributed by atoms with van der Waals surface area (Å²) in [6.07, 6.45) is 3.07. The molecule has 2 N–H and O–H groups in total. The van der Waals surface area contributed by atoms with Crippen LogP contribution in [0.4, 0.5) is 5.69 Å². The molecule has 5 rings (SSSR count). The van der Waals surface area contributed by atoms with Crippen LogP contribution in [0.15, 0.2) is 99.8 Å². The molecule has 2 aromatic heterocycles. The Morgan fingerprint density at radius 1 is 0.906 bits per heavy atom. The Morgan fingerprint density at radius 2 is 1.72 bits per heavy atom. The molecule has 0 aliphatic rings. The van der Waals surface area contributed by atoms with E-state index in [1.807, 2.05) is 24.3 Å². The van der Waals surface area contributed by atoms with Gasteiger partial charge in [0.15, 0.2) is 0 Å². The van der Waals surface area contributed by atoms with E-state index < -0.39 is 9.84 Å². The molecule has 0 radical (unpaired) electrons. The minimum atomic E-state index is -3.85. The number of anilines is 1. The number of fused-ring (bicyclic) bond motifs is 2. The zero-order chi connectivity index (χ0) is 22.3. The van der Waals surface area contributed by atoms with Crippen LogP contribution in [-0.2, 0) is 16.4 Å². The van der Waals surface area contributed by atoms with Gasteiger partial charge in [-0.1, -0.05) is 30.3 Å². The van der Waals surface area contributed by atoms with E-state index >= 15 is 0 Å². The predicted octanol–water partition coefficient (Wildman–Crippen LogP) is 3.41. The molecule has 0 saturated heterocycles. The molecule has 0 aliphatic carbocycles. The van der Waals surface area contributed by atoms with Crippen molar-refractivity contribution in [2.24, 2.45) is 0 Å². The van der Waals surface area contributed by atoms with Gasteiger partial charge in [0.2, 0.25) is 9.84 Å². The summed E-state index contributed by atoms with van der Waals surface area (Å²) >= 11 is 0. The van der Waals surface area contributed by atoms with E-state index in [0.29, 0.717) is 22.0 Å². The van der Waals surface area contributed by atoms with Crippen molar-refractivity contribution in [2.45, 2.75) is 16.3 Å². The third-order valence-electron chi connectivity index (χ3n) is 5.30. The number of hydrogen-bond acceptors (Lipinski definition) is 6. The number of pyridine rings is 1. The van der Waals surface area contributed by atoms with Crippen LogP contribution in [0.3, 0.4) is 0 Å². The maximum absolute atomic E-state index is 13.4. The Labute approximate surface area is 183 Å². The number of para-hydroxylation sites is 1. The first kappa shape index (κ1) is 19.9. The average molecular weight is 443 g/mol. The zero-order valence-corrected chi connectivity index (χ0v) is 17.7. The average Bonchev–Trinajstić information content (AvgIpc) is 2.80. The van der Waals surface area contributed by atoms with E-state index in [9.17, 15) is 13.2 Å². The van der Waals surface area contributed by atoms with Gasteiger partial charge in [-0.15, -0.1) is 0 Å². The highest BCUT2D eigenvalue weighted by Gasteiger charge is 2.22. The van der Waals surface area contributed by atoms with Crippen LogP contribution in [0.5, 0.6) is 0 Å². The maximum atomic E-state index is 13.4. The maximum Gasteiger partial charge on any atom is 0.274 e. The molecule has 2 heterocycles. The van der Waals surface area contributed by atoms with Gasteiger partial charge in [0, 0.05) is 22.7 Å². The molecular weight excluding hydrogens is 424 g/mol. The van der Waals surface area contributed by atoms with Gasteiger partial charge in [0.1, 0.15) is 0 Å². The van der Waals surface area contributed by atoms with Gasteiger partial charge in [0.25, 0.3) is 5.56 Å². The Bertz CT molecular complexity index is 1650. The lowest BCUT2D eigenvalue weighted by Gasteiger charge is -2.10. The molecule has 3 aromatic carbocycles. The van der Waals surface area contributed by atoms with Crippen molar-refractivity contribution in [2.75, 3.05) is 5.73 Å². The molecule has 5 aromatic rings. The van der Waals surface area contributed by atoms with Gasteiger partial charge in [-0.3, -0.25) is 9.78 Å². The van der Waals surface area contributed by atoms with Crippen molar-refractivity contribution < 1.29 is 8.42 Å². The fourth-order valence-corrected chi connectivity index (χ4v) is 5.20. The van der Waals surface area contributed by atoms with E-state index in [2.05, 4.69) is 10.1 Å². The number of rotatable bonds is 4. The summed E-state index contributed by atoms with van der Waals surface area (Å²) in [6, 6.07) is 20.3. The summed E-state index contributed by atoms with van der Waals surface area (Å²) in [5, 5.41) is 5.81. The Kier molecular flexibility index (Phi) is 4.71. The van der Waals surface area contributed by atoms with E-state index in [0.717, 1.165) is 10.9 Å². The predicted molar refractivity (Wildman–Crippen MR) is 123 cm³/mol. The lowest BCUT2D eigenvalue weighted by atomic mass is 10.2. The number of hydrogen-bond donors (Lipinski definition) is 1. The second kappa shape index (κ2) is 7.58. The van der Waals surface area contributed by atoms with Crippen molar-refractivity contribution in [1.29, 1.82) is 0 Å². The molecule has 0 atom stereocenters. The van der Waals surface area contributed by atoms with E-state index in [1.54, 1.807) is 30.5 Å². The molecule has 0 unspecified atom stereocenters. The Balaban J connectivity index is 1.58.